The molecule has 1 aromatic heterocycles. The van der Waals surface area contributed by atoms with E-state index in [-0.39, 0.29) is 5.56 Å². The minimum absolute atomic E-state index is 0.0921. The number of halogens is 1. The maximum Gasteiger partial charge on any atom is 0.279 e. The summed E-state index contributed by atoms with van der Waals surface area (Å²) < 4.78 is 7.33. The van der Waals surface area contributed by atoms with Crippen molar-refractivity contribution in [3.8, 4) is 11.4 Å². The number of aromatic amines is 1. The van der Waals surface area contributed by atoms with Gasteiger partial charge in [-0.25, -0.2) is 4.68 Å². The Bertz CT molecular complexity index is 908. The monoisotopic (exact) mass is 343 g/mol. The first kappa shape index (κ1) is 15.3. The fourth-order valence-corrected chi connectivity index (χ4v) is 3.23. The molecule has 1 fully saturated rings. The van der Waals surface area contributed by atoms with E-state index in [1.165, 1.54) is 11.1 Å². The smallest absolute Gasteiger partial charge is 0.279 e. The summed E-state index contributed by atoms with van der Waals surface area (Å²) in [7, 11) is 0. The van der Waals surface area contributed by atoms with Crippen molar-refractivity contribution in [2.24, 2.45) is 0 Å². The highest BCUT2D eigenvalue weighted by molar-refractivity contribution is 6.31. The third-order valence-corrected chi connectivity index (χ3v) is 4.59. The predicted molar refractivity (Wildman–Crippen MR) is 95.4 cm³/mol. The highest BCUT2D eigenvalue weighted by atomic mass is 35.5. The molecule has 4 rings (SSSR count). The maximum absolute atomic E-state index is 12.5. The van der Waals surface area contributed by atoms with E-state index in [9.17, 15) is 4.79 Å². The number of rotatable bonds is 4. The number of fused-ring (bicyclic) bond motifs is 1. The molecule has 0 radical (unpaired) electrons. The molecule has 1 saturated heterocycles. The molecular formula is C18H18ClN3O2. The van der Waals surface area contributed by atoms with Crippen molar-refractivity contribution in [1.82, 2.24) is 15.1 Å². The predicted octanol–water partition coefficient (Wildman–Crippen LogP) is 3.10. The highest BCUT2D eigenvalue weighted by Gasteiger charge is 2.14. The Hall–Kier alpha value is -2.24. The zero-order valence-electron chi connectivity index (χ0n) is 13.1. The van der Waals surface area contributed by atoms with Gasteiger partial charge in [0.25, 0.3) is 5.56 Å². The van der Waals surface area contributed by atoms with Crippen molar-refractivity contribution in [3.05, 3.63) is 57.8 Å². The van der Waals surface area contributed by atoms with E-state index in [1.807, 2.05) is 24.3 Å². The molecule has 2 heterocycles. The lowest BCUT2D eigenvalue weighted by molar-refractivity contribution is 0.277. The molecule has 0 saturated carbocycles. The molecule has 0 bridgehead atoms. The van der Waals surface area contributed by atoms with Crippen LogP contribution in [0.25, 0.3) is 16.6 Å². The van der Waals surface area contributed by atoms with Crippen LogP contribution in [-0.4, -0.2) is 29.0 Å². The van der Waals surface area contributed by atoms with Crippen molar-refractivity contribution in [2.75, 3.05) is 13.2 Å². The fraction of sp³-hybridized carbons (Fsp3) is 0.278. The molecule has 0 aliphatic carbocycles. The summed E-state index contributed by atoms with van der Waals surface area (Å²) in [5.74, 6) is 0.805. The van der Waals surface area contributed by atoms with Crippen LogP contribution in [0.4, 0.5) is 0 Å². The quantitative estimate of drug-likeness (QED) is 0.765. The number of nitrogens with one attached hydrogen (secondary N) is 2. The van der Waals surface area contributed by atoms with E-state index in [2.05, 4.69) is 10.4 Å². The van der Waals surface area contributed by atoms with Crippen LogP contribution in [0, 0.1) is 0 Å². The molecule has 24 heavy (non-hydrogen) atoms. The average molecular weight is 344 g/mol. The number of benzene rings is 2. The number of ether oxygens (including phenoxy) is 1. The van der Waals surface area contributed by atoms with Crippen molar-refractivity contribution in [2.45, 2.75) is 18.9 Å². The Labute approximate surface area is 144 Å². The Balaban J connectivity index is 1.56. The number of hydrogen-bond acceptors (Lipinski definition) is 3. The average Bonchev–Trinajstić information content (AvgIpc) is 3.22. The van der Waals surface area contributed by atoms with Gasteiger partial charge in [0.15, 0.2) is 0 Å². The summed E-state index contributed by atoms with van der Waals surface area (Å²) >= 11 is 5.98. The van der Waals surface area contributed by atoms with Crippen molar-refractivity contribution in [3.63, 3.8) is 0 Å². The van der Waals surface area contributed by atoms with E-state index >= 15 is 0 Å². The summed E-state index contributed by atoms with van der Waals surface area (Å²) in [5.41, 5.74) is 1.39. The molecule has 0 amide bonds. The van der Waals surface area contributed by atoms with Crippen molar-refractivity contribution >= 4 is 22.5 Å². The van der Waals surface area contributed by atoms with Crippen LogP contribution in [0.5, 0.6) is 5.75 Å². The first-order chi connectivity index (χ1) is 11.7. The van der Waals surface area contributed by atoms with Gasteiger partial charge in [-0.3, -0.25) is 9.89 Å². The fourth-order valence-electron chi connectivity index (χ4n) is 3.06. The highest BCUT2D eigenvalue weighted by Crippen LogP contribution is 2.19. The van der Waals surface area contributed by atoms with Crippen LogP contribution in [0.2, 0.25) is 5.02 Å². The second-order valence-corrected chi connectivity index (χ2v) is 6.48. The van der Waals surface area contributed by atoms with Crippen molar-refractivity contribution < 1.29 is 4.74 Å². The van der Waals surface area contributed by atoms with Crippen LogP contribution in [0.15, 0.2) is 47.3 Å². The molecule has 0 unspecified atom stereocenters. The van der Waals surface area contributed by atoms with E-state index in [1.54, 1.807) is 18.2 Å². The molecule has 3 aromatic rings. The van der Waals surface area contributed by atoms with Gasteiger partial charge in [-0.2, -0.15) is 0 Å². The second kappa shape index (κ2) is 6.34. The van der Waals surface area contributed by atoms with Crippen LogP contribution < -0.4 is 15.6 Å². The number of aromatic nitrogens is 2. The number of nitrogens with zero attached hydrogens (tertiary/aromatic N) is 1. The normalized spacial score (nSPS) is 17.5. The molecule has 2 N–H and O–H groups in total. The lowest BCUT2D eigenvalue weighted by atomic mass is 10.2. The Morgan fingerprint density at radius 3 is 2.79 bits per heavy atom. The topological polar surface area (TPSA) is 59.0 Å². The van der Waals surface area contributed by atoms with Crippen LogP contribution in [-0.2, 0) is 0 Å². The summed E-state index contributed by atoms with van der Waals surface area (Å²) in [6.45, 7) is 1.74. The first-order valence-electron chi connectivity index (χ1n) is 8.07. The molecule has 2 aromatic carbocycles. The van der Waals surface area contributed by atoms with Gasteiger partial charge >= 0.3 is 0 Å². The Morgan fingerprint density at radius 1 is 1.21 bits per heavy atom. The number of hydrogen-bond donors (Lipinski definition) is 2. The minimum atomic E-state index is -0.0921. The van der Waals surface area contributed by atoms with Gasteiger partial charge < -0.3 is 10.1 Å². The van der Waals surface area contributed by atoms with Gasteiger partial charge in [-0.05, 0) is 61.9 Å². The lowest BCUT2D eigenvalue weighted by Gasteiger charge is -2.12. The molecule has 6 heteroatoms. The van der Waals surface area contributed by atoms with Gasteiger partial charge in [0.05, 0.1) is 16.6 Å². The summed E-state index contributed by atoms with van der Waals surface area (Å²) in [6.07, 6.45) is 2.37. The van der Waals surface area contributed by atoms with E-state index < -0.39 is 0 Å². The van der Waals surface area contributed by atoms with Gasteiger partial charge in [-0.1, -0.05) is 11.6 Å². The SMILES string of the molecule is O=c1c2ccc(Cl)cc2[nH]n1-c1ccc(OC[C@H]2CCCN2)cc1. The summed E-state index contributed by atoms with van der Waals surface area (Å²) in [4.78, 5) is 12.5. The zero-order valence-corrected chi connectivity index (χ0v) is 13.8. The van der Waals surface area contributed by atoms with E-state index in [0.29, 0.717) is 23.1 Å². The standard InChI is InChI=1S/C18H18ClN3O2/c19-12-3-8-16-17(10-12)21-22(18(16)23)14-4-6-15(7-5-14)24-11-13-2-1-9-20-13/h3-8,10,13,20-21H,1-2,9,11H2/t13-/m1/s1. The lowest BCUT2D eigenvalue weighted by Crippen LogP contribution is -2.28. The van der Waals surface area contributed by atoms with Crippen molar-refractivity contribution in [1.29, 1.82) is 0 Å². The third-order valence-electron chi connectivity index (χ3n) is 4.36. The molecule has 0 spiro atoms. The third kappa shape index (κ3) is 2.92. The van der Waals surface area contributed by atoms with E-state index in [4.69, 9.17) is 16.3 Å². The first-order valence-corrected chi connectivity index (χ1v) is 8.45. The molecule has 1 atom stereocenters. The molecule has 5 nitrogen and oxygen atoms in total. The van der Waals surface area contributed by atoms with Crippen LogP contribution in [0.3, 0.4) is 0 Å². The maximum atomic E-state index is 12.5. The minimum Gasteiger partial charge on any atom is -0.492 e. The Kier molecular flexibility index (Phi) is 4.04. The molecule has 124 valence electrons. The Morgan fingerprint density at radius 2 is 2.04 bits per heavy atom. The zero-order chi connectivity index (χ0) is 16.5. The number of H-pyrrole nitrogens is 1. The second-order valence-electron chi connectivity index (χ2n) is 6.04. The molecular weight excluding hydrogens is 326 g/mol. The van der Waals surface area contributed by atoms with Gasteiger partial charge in [0, 0.05) is 11.1 Å². The van der Waals surface area contributed by atoms with Gasteiger partial charge in [0.2, 0.25) is 0 Å². The summed E-state index contributed by atoms with van der Waals surface area (Å²) in [6, 6.07) is 13.2. The van der Waals surface area contributed by atoms with Gasteiger partial charge in [0.1, 0.15) is 12.4 Å². The summed E-state index contributed by atoms with van der Waals surface area (Å²) in [5, 5.41) is 7.71. The van der Waals surface area contributed by atoms with E-state index in [0.717, 1.165) is 29.9 Å². The molecule has 1 aliphatic heterocycles. The molecule has 1 aliphatic rings. The largest absolute Gasteiger partial charge is 0.492 e. The van der Waals surface area contributed by atoms with Crippen LogP contribution >= 0.6 is 11.6 Å². The van der Waals surface area contributed by atoms with Gasteiger partial charge in [-0.15, -0.1) is 0 Å². The van der Waals surface area contributed by atoms with Crippen LogP contribution in [0.1, 0.15) is 12.8 Å².